The van der Waals surface area contributed by atoms with E-state index < -0.39 is 0 Å². The van der Waals surface area contributed by atoms with Crippen molar-refractivity contribution in [2.24, 2.45) is 0 Å². The highest BCUT2D eigenvalue weighted by atomic mass is 16.5. The smallest absolute Gasteiger partial charge is 0.160 e. The maximum absolute atomic E-state index is 10.0. The molecule has 1 aliphatic rings. The molecule has 4 heteroatoms. The molecule has 0 spiro atoms. The molecule has 1 aliphatic carbocycles. The van der Waals surface area contributed by atoms with E-state index >= 15 is 0 Å². The molecule has 1 fully saturated rings. The van der Waals surface area contributed by atoms with Crippen LogP contribution in [0.25, 0.3) is 22.4 Å². The van der Waals surface area contributed by atoms with Crippen molar-refractivity contribution in [1.29, 1.82) is 0 Å². The van der Waals surface area contributed by atoms with Crippen LogP contribution in [0.4, 0.5) is 0 Å². The van der Waals surface area contributed by atoms with Gasteiger partial charge in [-0.3, -0.25) is 0 Å². The topological polar surface area (TPSA) is 47.3 Å². The van der Waals surface area contributed by atoms with Crippen LogP contribution in [0.5, 0.6) is 11.5 Å². The second kappa shape index (κ2) is 4.52. The van der Waals surface area contributed by atoms with Gasteiger partial charge in [-0.1, -0.05) is 12.1 Å². The van der Waals surface area contributed by atoms with Gasteiger partial charge in [-0.05, 0) is 43.2 Å². The summed E-state index contributed by atoms with van der Waals surface area (Å²) in [5.41, 5.74) is 3.07. The Morgan fingerprint density at radius 3 is 2.71 bits per heavy atom. The Kier molecular flexibility index (Phi) is 2.64. The number of para-hydroxylation sites is 2. The van der Waals surface area contributed by atoms with E-state index in [0.29, 0.717) is 11.8 Å². The number of fused-ring (bicyclic) bond motifs is 1. The highest BCUT2D eigenvalue weighted by molar-refractivity contribution is 5.81. The molecule has 106 valence electrons. The van der Waals surface area contributed by atoms with Crippen LogP contribution in [0.1, 0.15) is 18.9 Å². The van der Waals surface area contributed by atoms with Crippen LogP contribution < -0.4 is 4.74 Å². The number of nitrogens with zero attached hydrogens (tertiary/aromatic N) is 2. The van der Waals surface area contributed by atoms with E-state index in [-0.39, 0.29) is 5.75 Å². The predicted molar refractivity (Wildman–Crippen MR) is 81.7 cm³/mol. The number of ether oxygens (including phenoxy) is 1. The van der Waals surface area contributed by atoms with Crippen molar-refractivity contribution in [1.82, 2.24) is 9.55 Å². The highest BCUT2D eigenvalue weighted by Gasteiger charge is 2.28. The van der Waals surface area contributed by atoms with E-state index in [1.807, 2.05) is 24.3 Å². The van der Waals surface area contributed by atoms with Gasteiger partial charge in [0.25, 0.3) is 0 Å². The number of phenolic OH excluding ortho intramolecular Hbond substituents is 1. The largest absolute Gasteiger partial charge is 0.504 e. The van der Waals surface area contributed by atoms with Crippen LogP contribution in [0.15, 0.2) is 42.5 Å². The molecule has 0 aliphatic heterocycles. The van der Waals surface area contributed by atoms with Gasteiger partial charge in [0, 0.05) is 11.6 Å². The average Bonchev–Trinajstić information content (AvgIpc) is 3.27. The van der Waals surface area contributed by atoms with E-state index in [0.717, 1.165) is 22.4 Å². The van der Waals surface area contributed by atoms with E-state index in [4.69, 9.17) is 9.72 Å². The first kappa shape index (κ1) is 12.3. The molecule has 4 nitrogen and oxygen atoms in total. The number of methoxy groups -OCH3 is 1. The minimum Gasteiger partial charge on any atom is -0.504 e. The molecular weight excluding hydrogens is 264 g/mol. The number of hydrogen-bond acceptors (Lipinski definition) is 3. The Balaban J connectivity index is 1.93. The first-order valence-corrected chi connectivity index (χ1v) is 7.12. The molecule has 4 rings (SSSR count). The Labute approximate surface area is 122 Å². The molecule has 1 heterocycles. The fourth-order valence-corrected chi connectivity index (χ4v) is 2.78. The molecule has 0 unspecified atom stereocenters. The van der Waals surface area contributed by atoms with E-state index in [9.17, 15) is 5.11 Å². The zero-order chi connectivity index (χ0) is 14.4. The van der Waals surface area contributed by atoms with Gasteiger partial charge in [-0.2, -0.15) is 0 Å². The molecule has 0 atom stereocenters. The number of rotatable bonds is 3. The summed E-state index contributed by atoms with van der Waals surface area (Å²) in [5.74, 6) is 1.54. The van der Waals surface area contributed by atoms with Crippen LogP contribution >= 0.6 is 0 Å². The quantitative estimate of drug-likeness (QED) is 0.794. The summed E-state index contributed by atoms with van der Waals surface area (Å²) in [7, 11) is 1.55. The lowest BCUT2D eigenvalue weighted by Gasteiger charge is -2.09. The van der Waals surface area contributed by atoms with Gasteiger partial charge in [-0.25, -0.2) is 4.98 Å². The van der Waals surface area contributed by atoms with Gasteiger partial charge in [0.15, 0.2) is 11.5 Å². The van der Waals surface area contributed by atoms with Crippen LogP contribution in [0.3, 0.4) is 0 Å². The Morgan fingerprint density at radius 1 is 1.19 bits per heavy atom. The summed E-state index contributed by atoms with van der Waals surface area (Å²) in [5, 5.41) is 10.0. The standard InChI is InChI=1S/C17H16N2O2/c1-21-16-9-6-11(10-15(16)20)17-18-13-4-2-3-5-14(13)19(17)12-7-8-12/h2-6,9-10,12,20H,7-8H2,1H3. The molecule has 1 saturated carbocycles. The fourth-order valence-electron chi connectivity index (χ4n) is 2.78. The number of imidazole rings is 1. The molecule has 0 saturated heterocycles. The van der Waals surface area contributed by atoms with Gasteiger partial charge in [0.05, 0.1) is 18.1 Å². The van der Waals surface area contributed by atoms with Crippen molar-refractivity contribution < 1.29 is 9.84 Å². The third-order valence-electron chi connectivity index (χ3n) is 3.94. The molecular formula is C17H16N2O2. The van der Waals surface area contributed by atoms with Gasteiger partial charge >= 0.3 is 0 Å². The van der Waals surface area contributed by atoms with Crippen LogP contribution in [-0.2, 0) is 0 Å². The molecule has 0 radical (unpaired) electrons. The monoisotopic (exact) mass is 280 g/mol. The zero-order valence-electron chi connectivity index (χ0n) is 11.8. The van der Waals surface area contributed by atoms with Crippen molar-refractivity contribution in [2.75, 3.05) is 7.11 Å². The lowest BCUT2D eigenvalue weighted by Crippen LogP contribution is -1.97. The van der Waals surface area contributed by atoms with Gasteiger partial charge in [0.1, 0.15) is 5.82 Å². The maximum atomic E-state index is 10.0. The SMILES string of the molecule is COc1ccc(-c2nc3ccccc3n2C2CC2)cc1O. The van der Waals surface area contributed by atoms with Crippen molar-refractivity contribution >= 4 is 11.0 Å². The van der Waals surface area contributed by atoms with Gasteiger partial charge in [-0.15, -0.1) is 0 Å². The average molecular weight is 280 g/mol. The zero-order valence-corrected chi connectivity index (χ0v) is 11.8. The normalized spacial score (nSPS) is 14.5. The molecule has 3 aromatic rings. The first-order chi connectivity index (χ1) is 10.3. The first-order valence-electron chi connectivity index (χ1n) is 7.12. The molecule has 2 aromatic carbocycles. The van der Waals surface area contributed by atoms with Crippen molar-refractivity contribution in [3.8, 4) is 22.9 Å². The lowest BCUT2D eigenvalue weighted by atomic mass is 10.2. The Bertz CT molecular complexity index is 819. The van der Waals surface area contributed by atoms with Gasteiger partial charge in [0.2, 0.25) is 0 Å². The van der Waals surface area contributed by atoms with Gasteiger partial charge < -0.3 is 14.4 Å². The third-order valence-corrected chi connectivity index (χ3v) is 3.94. The van der Waals surface area contributed by atoms with Crippen molar-refractivity contribution in [3.05, 3.63) is 42.5 Å². The van der Waals surface area contributed by atoms with E-state index in [1.165, 1.54) is 12.8 Å². The number of aromatic nitrogens is 2. The molecule has 1 N–H and O–H groups in total. The maximum Gasteiger partial charge on any atom is 0.160 e. The third kappa shape index (κ3) is 1.95. The molecule has 0 amide bonds. The second-order valence-corrected chi connectivity index (χ2v) is 5.41. The summed E-state index contributed by atoms with van der Waals surface area (Å²) < 4.78 is 7.40. The minimum absolute atomic E-state index is 0.143. The minimum atomic E-state index is 0.143. The number of phenols is 1. The number of hydrogen-bond donors (Lipinski definition) is 1. The van der Waals surface area contributed by atoms with Crippen molar-refractivity contribution in [2.45, 2.75) is 18.9 Å². The lowest BCUT2D eigenvalue weighted by molar-refractivity contribution is 0.373. The Morgan fingerprint density at radius 2 is 2.00 bits per heavy atom. The molecule has 1 aromatic heterocycles. The fraction of sp³-hybridized carbons (Fsp3) is 0.235. The second-order valence-electron chi connectivity index (χ2n) is 5.41. The number of aromatic hydroxyl groups is 1. The van der Waals surface area contributed by atoms with Crippen molar-refractivity contribution in [3.63, 3.8) is 0 Å². The highest BCUT2D eigenvalue weighted by Crippen LogP contribution is 2.42. The summed E-state index contributed by atoms with van der Waals surface area (Å²) in [6.45, 7) is 0. The van der Waals surface area contributed by atoms with Crippen LogP contribution in [-0.4, -0.2) is 21.8 Å². The number of benzene rings is 2. The Hall–Kier alpha value is -2.49. The predicted octanol–water partition coefficient (Wildman–Crippen LogP) is 3.75. The molecule has 0 bridgehead atoms. The summed E-state index contributed by atoms with van der Waals surface area (Å²) in [4.78, 5) is 4.75. The van der Waals surface area contributed by atoms with E-state index in [1.54, 1.807) is 19.2 Å². The summed E-state index contributed by atoms with van der Waals surface area (Å²) >= 11 is 0. The summed E-state index contributed by atoms with van der Waals surface area (Å²) in [6.07, 6.45) is 2.38. The van der Waals surface area contributed by atoms with Crippen LogP contribution in [0, 0.1) is 0 Å². The molecule has 21 heavy (non-hydrogen) atoms. The van der Waals surface area contributed by atoms with Crippen LogP contribution in [0.2, 0.25) is 0 Å². The van der Waals surface area contributed by atoms with E-state index in [2.05, 4.69) is 10.6 Å². The summed E-state index contributed by atoms with van der Waals surface area (Å²) in [6, 6.07) is 14.1.